The number of carbonyl (C=O) groups is 1. The maximum absolute atomic E-state index is 11.4. The van der Waals surface area contributed by atoms with E-state index in [1.54, 1.807) is 19.1 Å². The van der Waals surface area contributed by atoms with Crippen LogP contribution in [0.4, 0.5) is 0 Å². The van der Waals surface area contributed by atoms with E-state index in [-0.39, 0.29) is 24.4 Å². The van der Waals surface area contributed by atoms with Gasteiger partial charge in [-0.25, -0.2) is 0 Å². The van der Waals surface area contributed by atoms with Gasteiger partial charge in [0.15, 0.2) is 0 Å². The smallest absolute Gasteiger partial charge is 0.237 e. The lowest BCUT2D eigenvalue weighted by Crippen LogP contribution is -2.39. The Labute approximate surface area is 117 Å². The van der Waals surface area contributed by atoms with Crippen LogP contribution in [0, 0.1) is 0 Å². The molecule has 3 nitrogen and oxygen atoms in total. The van der Waals surface area contributed by atoms with Crippen LogP contribution in [0.2, 0.25) is 10.0 Å². The van der Waals surface area contributed by atoms with Crippen molar-refractivity contribution in [2.24, 2.45) is 5.73 Å². The third-order valence-corrected chi connectivity index (χ3v) is 2.96. The van der Waals surface area contributed by atoms with E-state index in [1.807, 2.05) is 13.0 Å². The zero-order valence-electron chi connectivity index (χ0n) is 9.54. The monoisotopic (exact) mass is 296 g/mol. The Kier molecular flexibility index (Phi) is 6.87. The normalized spacial score (nSPS) is 13.5. The van der Waals surface area contributed by atoms with Gasteiger partial charge >= 0.3 is 0 Å². The summed E-state index contributed by atoms with van der Waals surface area (Å²) in [6, 6.07) is 4.59. The fourth-order valence-corrected chi connectivity index (χ4v) is 1.52. The van der Waals surface area contributed by atoms with Crippen molar-refractivity contribution in [3.05, 3.63) is 33.8 Å². The molecule has 0 aromatic heterocycles. The van der Waals surface area contributed by atoms with Crippen molar-refractivity contribution < 1.29 is 4.79 Å². The molecule has 0 heterocycles. The molecule has 1 rings (SSSR count). The lowest BCUT2D eigenvalue weighted by atomic mass is 10.1. The highest BCUT2D eigenvalue weighted by Crippen LogP contribution is 2.25. The fraction of sp³-hybridized carbons (Fsp3) is 0.364. The Bertz CT molecular complexity index is 396. The Morgan fingerprint density at radius 2 is 1.88 bits per heavy atom. The summed E-state index contributed by atoms with van der Waals surface area (Å²) in [6.07, 6.45) is 0. The molecule has 3 N–H and O–H groups in total. The van der Waals surface area contributed by atoms with Gasteiger partial charge in [-0.05, 0) is 31.5 Å². The van der Waals surface area contributed by atoms with Gasteiger partial charge in [0.25, 0.3) is 0 Å². The van der Waals surface area contributed by atoms with Crippen LogP contribution >= 0.6 is 35.6 Å². The van der Waals surface area contributed by atoms with Crippen LogP contribution in [0.1, 0.15) is 25.5 Å². The Hall–Kier alpha value is -0.480. The lowest BCUT2D eigenvalue weighted by molar-refractivity contribution is -0.122. The quantitative estimate of drug-likeness (QED) is 0.901. The molecular weight excluding hydrogens is 282 g/mol. The van der Waals surface area contributed by atoms with Crippen molar-refractivity contribution in [2.45, 2.75) is 25.9 Å². The van der Waals surface area contributed by atoms with Crippen LogP contribution in [0.5, 0.6) is 0 Å². The second-order valence-electron chi connectivity index (χ2n) is 3.69. The van der Waals surface area contributed by atoms with Crippen LogP contribution in [0.25, 0.3) is 0 Å². The van der Waals surface area contributed by atoms with E-state index in [0.717, 1.165) is 5.56 Å². The maximum Gasteiger partial charge on any atom is 0.237 e. The van der Waals surface area contributed by atoms with Gasteiger partial charge < -0.3 is 11.1 Å². The highest BCUT2D eigenvalue weighted by Gasteiger charge is 2.13. The summed E-state index contributed by atoms with van der Waals surface area (Å²) in [5.74, 6) is -0.196. The molecule has 1 unspecified atom stereocenters. The third kappa shape index (κ3) is 4.72. The number of nitrogens with two attached hydrogens (primary N) is 1. The van der Waals surface area contributed by atoms with E-state index in [1.165, 1.54) is 0 Å². The first-order valence-corrected chi connectivity index (χ1v) is 5.68. The highest BCUT2D eigenvalue weighted by molar-refractivity contribution is 6.42. The van der Waals surface area contributed by atoms with Gasteiger partial charge in [-0.1, -0.05) is 29.3 Å². The van der Waals surface area contributed by atoms with Gasteiger partial charge in [0.2, 0.25) is 5.91 Å². The summed E-state index contributed by atoms with van der Waals surface area (Å²) in [7, 11) is 0. The SMILES string of the molecule is CC(NC(=O)[C@@H](C)N)c1ccc(Cl)c(Cl)c1.Cl. The summed E-state index contributed by atoms with van der Waals surface area (Å²) in [5.41, 5.74) is 6.35. The molecule has 0 bridgehead atoms. The molecular formula is C11H15Cl3N2O. The first-order chi connectivity index (χ1) is 7.41. The molecule has 0 aliphatic carbocycles. The second-order valence-corrected chi connectivity index (χ2v) is 4.51. The average Bonchev–Trinajstić information content (AvgIpc) is 2.21. The lowest BCUT2D eigenvalue weighted by Gasteiger charge is -2.16. The Morgan fingerprint density at radius 1 is 1.29 bits per heavy atom. The summed E-state index contributed by atoms with van der Waals surface area (Å²) in [4.78, 5) is 11.4. The molecule has 0 saturated carbocycles. The van der Waals surface area contributed by atoms with Crippen molar-refractivity contribution >= 4 is 41.5 Å². The standard InChI is InChI=1S/C11H14Cl2N2O.ClH/c1-6(14)11(16)15-7(2)8-3-4-9(12)10(13)5-8;/h3-7H,14H2,1-2H3,(H,15,16);1H/t6-,7?;/m1./s1. The molecule has 0 fully saturated rings. The van der Waals surface area contributed by atoms with Crippen LogP contribution in [-0.4, -0.2) is 11.9 Å². The molecule has 0 saturated heterocycles. The van der Waals surface area contributed by atoms with Crippen LogP contribution < -0.4 is 11.1 Å². The summed E-state index contributed by atoms with van der Waals surface area (Å²) < 4.78 is 0. The second kappa shape index (κ2) is 7.07. The molecule has 2 atom stereocenters. The largest absolute Gasteiger partial charge is 0.348 e. The molecule has 96 valence electrons. The summed E-state index contributed by atoms with van der Waals surface area (Å²) in [5, 5.41) is 3.75. The third-order valence-electron chi connectivity index (χ3n) is 2.22. The Morgan fingerprint density at radius 3 is 2.35 bits per heavy atom. The molecule has 0 radical (unpaired) electrons. The molecule has 17 heavy (non-hydrogen) atoms. The van der Waals surface area contributed by atoms with Gasteiger partial charge in [0, 0.05) is 0 Å². The molecule has 1 amide bonds. The number of halogens is 3. The minimum atomic E-state index is -0.523. The molecule has 0 aliphatic rings. The first-order valence-electron chi connectivity index (χ1n) is 4.92. The van der Waals surface area contributed by atoms with Crippen molar-refractivity contribution in [1.82, 2.24) is 5.32 Å². The van der Waals surface area contributed by atoms with Crippen molar-refractivity contribution in [3.63, 3.8) is 0 Å². The zero-order chi connectivity index (χ0) is 12.3. The van der Waals surface area contributed by atoms with Gasteiger partial charge in [0.05, 0.1) is 22.1 Å². The topological polar surface area (TPSA) is 55.1 Å². The van der Waals surface area contributed by atoms with Crippen molar-refractivity contribution in [2.75, 3.05) is 0 Å². The van der Waals surface area contributed by atoms with Gasteiger partial charge in [-0.3, -0.25) is 4.79 Å². The zero-order valence-corrected chi connectivity index (χ0v) is 11.9. The predicted octanol–water partition coefficient (Wildman–Crippen LogP) is 2.94. The number of rotatable bonds is 3. The molecule has 1 aromatic carbocycles. The molecule has 0 aliphatic heterocycles. The number of nitrogens with one attached hydrogen (secondary N) is 1. The highest BCUT2D eigenvalue weighted by atomic mass is 35.5. The molecule has 1 aromatic rings. The minimum absolute atomic E-state index is 0. The average molecular weight is 298 g/mol. The Balaban J connectivity index is 0.00000256. The first kappa shape index (κ1) is 16.5. The van der Waals surface area contributed by atoms with Gasteiger partial charge in [-0.15, -0.1) is 12.4 Å². The molecule has 6 heteroatoms. The van der Waals surface area contributed by atoms with E-state index in [0.29, 0.717) is 10.0 Å². The number of carbonyl (C=O) groups excluding carboxylic acids is 1. The number of hydrogen-bond donors (Lipinski definition) is 2. The minimum Gasteiger partial charge on any atom is -0.348 e. The van der Waals surface area contributed by atoms with Gasteiger partial charge in [0.1, 0.15) is 0 Å². The number of amides is 1. The van der Waals surface area contributed by atoms with Crippen LogP contribution in [-0.2, 0) is 4.79 Å². The van der Waals surface area contributed by atoms with E-state index >= 15 is 0 Å². The van der Waals surface area contributed by atoms with Crippen molar-refractivity contribution in [1.29, 1.82) is 0 Å². The van der Waals surface area contributed by atoms with E-state index in [2.05, 4.69) is 5.32 Å². The number of hydrogen-bond acceptors (Lipinski definition) is 2. The van der Waals surface area contributed by atoms with Crippen molar-refractivity contribution in [3.8, 4) is 0 Å². The van der Waals surface area contributed by atoms with Crippen LogP contribution in [0.15, 0.2) is 18.2 Å². The number of benzene rings is 1. The van der Waals surface area contributed by atoms with Crippen LogP contribution in [0.3, 0.4) is 0 Å². The predicted molar refractivity (Wildman–Crippen MR) is 73.9 cm³/mol. The summed E-state index contributed by atoms with van der Waals surface area (Å²) in [6.45, 7) is 3.50. The molecule has 0 spiro atoms. The van der Waals surface area contributed by atoms with Gasteiger partial charge in [-0.2, -0.15) is 0 Å². The maximum atomic E-state index is 11.4. The summed E-state index contributed by atoms with van der Waals surface area (Å²) >= 11 is 11.7. The van der Waals surface area contributed by atoms with E-state index in [9.17, 15) is 4.79 Å². The van der Waals surface area contributed by atoms with E-state index in [4.69, 9.17) is 28.9 Å². The van der Waals surface area contributed by atoms with E-state index < -0.39 is 6.04 Å². The fourth-order valence-electron chi connectivity index (χ4n) is 1.21.